The maximum Gasteiger partial charge on any atom is 0.226 e. The number of methoxy groups -OCH3 is 1. The molecule has 0 aliphatic carbocycles. The third-order valence-electron chi connectivity index (χ3n) is 4.71. The van der Waals surface area contributed by atoms with E-state index in [0.29, 0.717) is 11.7 Å². The second-order valence-electron chi connectivity index (χ2n) is 6.75. The number of rotatable bonds is 7. The highest BCUT2D eigenvalue weighted by atomic mass is 127. The van der Waals surface area contributed by atoms with Gasteiger partial charge in [-0.25, -0.2) is 0 Å². The Hall–Kier alpha value is -2.04. The molecule has 2 heterocycles. The lowest BCUT2D eigenvalue weighted by molar-refractivity contribution is 0.368. The van der Waals surface area contributed by atoms with Gasteiger partial charge in [-0.15, -0.1) is 24.0 Å². The third-order valence-corrected chi connectivity index (χ3v) is 4.71. The molecule has 29 heavy (non-hydrogen) atoms. The molecule has 1 aromatic heterocycles. The molecule has 0 atom stereocenters. The zero-order valence-corrected chi connectivity index (χ0v) is 19.8. The number of aryl methyl sites for hydroxylation is 2. The number of guanidine groups is 1. The number of aromatic nitrogens is 2. The van der Waals surface area contributed by atoms with Gasteiger partial charge in [0.2, 0.25) is 5.89 Å². The Morgan fingerprint density at radius 2 is 2.07 bits per heavy atom. The summed E-state index contributed by atoms with van der Waals surface area (Å²) in [6, 6.07) is 8.24. The van der Waals surface area contributed by atoms with Crippen LogP contribution in [0.5, 0.6) is 5.75 Å². The van der Waals surface area contributed by atoms with E-state index in [4.69, 9.17) is 14.3 Å². The van der Waals surface area contributed by atoms with Gasteiger partial charge in [-0.3, -0.25) is 4.99 Å². The quantitative estimate of drug-likeness (QED) is 0.264. The zero-order chi connectivity index (χ0) is 19.8. The molecule has 1 aliphatic heterocycles. The standard InChI is InChI=1S/C20H30N6O2.HI/c1-4-21-20(22-10-6-9-19-23-16(2)24-28-19)26-13-11-25(12-14-26)17-7-5-8-18(15-17)27-3;/h5,7-8,15H,4,6,9-14H2,1-3H3,(H,21,22);1H. The van der Waals surface area contributed by atoms with Gasteiger partial charge in [-0.05, 0) is 32.4 Å². The lowest BCUT2D eigenvalue weighted by Gasteiger charge is -2.37. The van der Waals surface area contributed by atoms with Crippen LogP contribution in [0.2, 0.25) is 0 Å². The monoisotopic (exact) mass is 514 g/mol. The van der Waals surface area contributed by atoms with Crippen LogP contribution in [0, 0.1) is 6.92 Å². The summed E-state index contributed by atoms with van der Waals surface area (Å²) in [6.45, 7) is 9.32. The van der Waals surface area contributed by atoms with E-state index in [1.165, 1.54) is 5.69 Å². The summed E-state index contributed by atoms with van der Waals surface area (Å²) in [5.74, 6) is 3.24. The van der Waals surface area contributed by atoms with Crippen molar-refractivity contribution in [2.24, 2.45) is 4.99 Å². The second kappa shape index (κ2) is 11.8. The predicted molar refractivity (Wildman–Crippen MR) is 126 cm³/mol. The summed E-state index contributed by atoms with van der Waals surface area (Å²) in [5, 5.41) is 7.24. The SMILES string of the molecule is CCNC(=NCCCc1nc(C)no1)N1CCN(c2cccc(OC)c2)CC1.I. The average Bonchev–Trinajstić information content (AvgIpc) is 3.15. The highest BCUT2D eigenvalue weighted by Gasteiger charge is 2.20. The first kappa shape index (κ1) is 23.2. The van der Waals surface area contributed by atoms with Crippen LogP contribution < -0.4 is 15.0 Å². The lowest BCUT2D eigenvalue weighted by atomic mass is 10.2. The molecular formula is C20H31IN6O2. The Labute approximate surface area is 189 Å². The number of nitrogens with zero attached hydrogens (tertiary/aromatic N) is 5. The minimum Gasteiger partial charge on any atom is -0.497 e. The van der Waals surface area contributed by atoms with Crippen LogP contribution in [0.15, 0.2) is 33.8 Å². The molecule has 1 saturated heterocycles. The molecule has 2 aromatic rings. The van der Waals surface area contributed by atoms with E-state index in [1.807, 2.05) is 19.1 Å². The van der Waals surface area contributed by atoms with Gasteiger partial charge in [-0.2, -0.15) is 4.98 Å². The van der Waals surface area contributed by atoms with Gasteiger partial charge in [0.15, 0.2) is 11.8 Å². The maximum atomic E-state index is 5.34. The Morgan fingerprint density at radius 1 is 1.28 bits per heavy atom. The number of halogens is 1. The van der Waals surface area contributed by atoms with E-state index in [-0.39, 0.29) is 24.0 Å². The van der Waals surface area contributed by atoms with Gasteiger partial charge in [0.1, 0.15) is 5.75 Å². The number of hydrogen-bond acceptors (Lipinski definition) is 6. The number of benzene rings is 1. The number of nitrogens with one attached hydrogen (secondary N) is 1. The van der Waals surface area contributed by atoms with Crippen LogP contribution >= 0.6 is 24.0 Å². The van der Waals surface area contributed by atoms with Gasteiger partial charge in [0.05, 0.1) is 7.11 Å². The number of anilines is 1. The topological polar surface area (TPSA) is 79.0 Å². The maximum absolute atomic E-state index is 5.34. The molecule has 0 unspecified atom stereocenters. The first-order chi connectivity index (χ1) is 13.7. The minimum atomic E-state index is 0. The highest BCUT2D eigenvalue weighted by Crippen LogP contribution is 2.22. The smallest absolute Gasteiger partial charge is 0.226 e. The number of ether oxygens (including phenoxy) is 1. The molecule has 9 heteroatoms. The molecule has 160 valence electrons. The van der Waals surface area contributed by atoms with Crippen molar-refractivity contribution in [1.29, 1.82) is 0 Å². The van der Waals surface area contributed by atoms with Crippen LogP contribution in [0.3, 0.4) is 0 Å². The third kappa shape index (κ3) is 6.76. The molecule has 0 saturated carbocycles. The Bertz CT molecular complexity index is 774. The predicted octanol–water partition coefficient (Wildman–Crippen LogP) is 2.72. The normalized spacial score (nSPS) is 14.5. The van der Waals surface area contributed by atoms with Crippen molar-refractivity contribution in [1.82, 2.24) is 20.4 Å². The van der Waals surface area contributed by atoms with Crippen molar-refractivity contribution in [2.45, 2.75) is 26.7 Å². The van der Waals surface area contributed by atoms with E-state index >= 15 is 0 Å². The Balaban J connectivity index is 0.00000300. The van der Waals surface area contributed by atoms with Crippen molar-refractivity contribution >= 4 is 35.6 Å². The molecule has 1 aliphatic rings. The fourth-order valence-corrected chi connectivity index (χ4v) is 3.27. The molecule has 0 bridgehead atoms. The summed E-state index contributed by atoms with van der Waals surface area (Å²) < 4.78 is 10.5. The molecule has 1 N–H and O–H groups in total. The molecule has 1 aromatic carbocycles. The molecule has 0 radical (unpaired) electrons. The van der Waals surface area contributed by atoms with Gasteiger partial charge in [0, 0.05) is 57.4 Å². The van der Waals surface area contributed by atoms with Gasteiger partial charge >= 0.3 is 0 Å². The zero-order valence-electron chi connectivity index (χ0n) is 17.4. The van der Waals surface area contributed by atoms with Crippen molar-refractivity contribution in [2.75, 3.05) is 51.3 Å². The summed E-state index contributed by atoms with van der Waals surface area (Å²) in [7, 11) is 1.70. The Morgan fingerprint density at radius 3 is 2.72 bits per heavy atom. The molecule has 0 amide bonds. The van der Waals surface area contributed by atoms with Gasteiger partial charge < -0.3 is 24.4 Å². The fraction of sp³-hybridized carbons (Fsp3) is 0.550. The molecule has 3 rings (SSSR count). The van der Waals surface area contributed by atoms with Crippen molar-refractivity contribution in [3.63, 3.8) is 0 Å². The van der Waals surface area contributed by atoms with Crippen LogP contribution in [0.1, 0.15) is 25.1 Å². The Kier molecular flexibility index (Phi) is 9.49. The average molecular weight is 514 g/mol. The molecule has 1 fully saturated rings. The van der Waals surface area contributed by atoms with Gasteiger partial charge in [0.25, 0.3) is 0 Å². The summed E-state index contributed by atoms with van der Waals surface area (Å²) in [4.78, 5) is 13.7. The second-order valence-corrected chi connectivity index (χ2v) is 6.75. The van der Waals surface area contributed by atoms with Crippen molar-refractivity contribution in [3.8, 4) is 5.75 Å². The molecule has 8 nitrogen and oxygen atoms in total. The van der Waals surface area contributed by atoms with E-state index in [9.17, 15) is 0 Å². The van der Waals surface area contributed by atoms with E-state index < -0.39 is 0 Å². The van der Waals surface area contributed by atoms with Crippen LogP contribution in [0.25, 0.3) is 0 Å². The van der Waals surface area contributed by atoms with E-state index in [1.54, 1.807) is 7.11 Å². The molecular weight excluding hydrogens is 483 g/mol. The van der Waals surface area contributed by atoms with Crippen LogP contribution in [0.4, 0.5) is 5.69 Å². The van der Waals surface area contributed by atoms with E-state index in [2.05, 4.69) is 44.3 Å². The number of hydrogen-bond donors (Lipinski definition) is 1. The van der Waals surface area contributed by atoms with E-state index in [0.717, 1.165) is 63.8 Å². The van der Waals surface area contributed by atoms with Crippen molar-refractivity contribution in [3.05, 3.63) is 36.0 Å². The van der Waals surface area contributed by atoms with Crippen LogP contribution in [-0.4, -0.2) is 67.4 Å². The summed E-state index contributed by atoms with van der Waals surface area (Å²) in [6.07, 6.45) is 1.65. The minimum absolute atomic E-state index is 0. The highest BCUT2D eigenvalue weighted by molar-refractivity contribution is 14.0. The first-order valence-corrected chi connectivity index (χ1v) is 9.91. The summed E-state index contributed by atoms with van der Waals surface area (Å²) in [5.41, 5.74) is 1.20. The first-order valence-electron chi connectivity index (χ1n) is 9.91. The van der Waals surface area contributed by atoms with Gasteiger partial charge in [-0.1, -0.05) is 11.2 Å². The molecule has 0 spiro atoms. The van der Waals surface area contributed by atoms with Crippen molar-refractivity contribution < 1.29 is 9.26 Å². The summed E-state index contributed by atoms with van der Waals surface area (Å²) >= 11 is 0. The van der Waals surface area contributed by atoms with Crippen LogP contribution in [-0.2, 0) is 6.42 Å². The number of piperazine rings is 1. The fourth-order valence-electron chi connectivity index (χ4n) is 3.27. The number of aliphatic imine (C=N–C) groups is 1. The largest absolute Gasteiger partial charge is 0.497 e. The lowest BCUT2D eigenvalue weighted by Crippen LogP contribution is -2.52.